The zero-order chi connectivity index (χ0) is 12.0. The van der Waals surface area contributed by atoms with Crippen molar-refractivity contribution in [3.63, 3.8) is 0 Å². The number of nitrogens with zero attached hydrogens (tertiary/aromatic N) is 1. The van der Waals surface area contributed by atoms with Crippen molar-refractivity contribution < 1.29 is 9.84 Å². The Balaban J connectivity index is 2.34. The summed E-state index contributed by atoms with van der Waals surface area (Å²) in [7, 11) is 0. The molecule has 1 rings (SSSR count). The maximum atomic E-state index is 9.47. The highest BCUT2D eigenvalue weighted by molar-refractivity contribution is 14.1. The van der Waals surface area contributed by atoms with Gasteiger partial charge in [-0.1, -0.05) is 0 Å². The molecule has 0 spiro atoms. The predicted octanol–water partition coefficient (Wildman–Crippen LogP) is 0.304. The van der Waals surface area contributed by atoms with Gasteiger partial charge in [-0.15, -0.1) is 0 Å². The van der Waals surface area contributed by atoms with Crippen molar-refractivity contribution in [3.05, 3.63) is 27.8 Å². The molecule has 1 aromatic carbocycles. The average Bonchev–Trinajstić information content (AvgIpc) is 2.25. The minimum Gasteiger partial charge on any atom is -0.491 e. The first kappa shape index (κ1) is 13.0. The molecule has 1 aromatic rings. The molecule has 5 nitrogen and oxygen atoms in total. The van der Waals surface area contributed by atoms with Crippen LogP contribution in [0.4, 0.5) is 0 Å². The maximum Gasteiger partial charge on any atom is 0.186 e. The number of aliphatic hydroxyl groups is 1. The van der Waals surface area contributed by atoms with Crippen LogP contribution in [-0.2, 0) is 0 Å². The lowest BCUT2D eigenvalue weighted by molar-refractivity contribution is 0.114. The van der Waals surface area contributed by atoms with E-state index in [-0.39, 0.29) is 19.1 Å². The number of ether oxygens (including phenoxy) is 1. The van der Waals surface area contributed by atoms with E-state index >= 15 is 0 Å². The van der Waals surface area contributed by atoms with E-state index < -0.39 is 6.10 Å². The highest BCUT2D eigenvalue weighted by Gasteiger charge is 2.04. The summed E-state index contributed by atoms with van der Waals surface area (Å²) in [5.74, 6) is 0.678. The minimum atomic E-state index is -0.707. The van der Waals surface area contributed by atoms with Gasteiger partial charge in [0.25, 0.3) is 0 Å². The first-order valence-electron chi connectivity index (χ1n) is 4.70. The van der Waals surface area contributed by atoms with E-state index in [1.807, 2.05) is 24.3 Å². The van der Waals surface area contributed by atoms with Crippen LogP contribution in [0.1, 0.15) is 0 Å². The lowest BCUT2D eigenvalue weighted by Crippen LogP contribution is -2.27. The molecular formula is C10H14IN3O2. The van der Waals surface area contributed by atoms with Gasteiger partial charge in [0, 0.05) is 3.57 Å². The Morgan fingerprint density at radius 3 is 2.56 bits per heavy atom. The number of benzene rings is 1. The minimum absolute atomic E-state index is 0.0340. The molecule has 0 heterocycles. The molecule has 0 saturated heterocycles. The van der Waals surface area contributed by atoms with Crippen LogP contribution in [0.15, 0.2) is 29.3 Å². The first-order valence-corrected chi connectivity index (χ1v) is 5.77. The zero-order valence-corrected chi connectivity index (χ0v) is 10.8. The maximum absolute atomic E-state index is 9.47. The van der Waals surface area contributed by atoms with Crippen LogP contribution in [0.25, 0.3) is 0 Å². The molecule has 0 amide bonds. The second kappa shape index (κ2) is 6.54. The van der Waals surface area contributed by atoms with Gasteiger partial charge in [0.15, 0.2) is 5.96 Å². The third-order valence-electron chi connectivity index (χ3n) is 1.74. The van der Waals surface area contributed by atoms with Gasteiger partial charge < -0.3 is 21.3 Å². The van der Waals surface area contributed by atoms with Crippen LogP contribution in [0.2, 0.25) is 0 Å². The Kier molecular flexibility index (Phi) is 5.33. The summed E-state index contributed by atoms with van der Waals surface area (Å²) in [6.07, 6.45) is -0.707. The van der Waals surface area contributed by atoms with Crippen molar-refractivity contribution in [2.24, 2.45) is 16.5 Å². The molecule has 88 valence electrons. The fraction of sp³-hybridized carbons (Fsp3) is 0.300. The fourth-order valence-electron chi connectivity index (χ4n) is 0.987. The van der Waals surface area contributed by atoms with E-state index in [0.29, 0.717) is 5.75 Å². The smallest absolute Gasteiger partial charge is 0.186 e. The molecule has 0 aromatic heterocycles. The normalized spacial score (nSPS) is 11.9. The van der Waals surface area contributed by atoms with Crippen molar-refractivity contribution in [2.75, 3.05) is 13.2 Å². The Bertz CT molecular complexity index is 350. The van der Waals surface area contributed by atoms with Crippen LogP contribution in [0.5, 0.6) is 5.75 Å². The third kappa shape index (κ3) is 5.17. The number of hydrogen-bond acceptors (Lipinski definition) is 3. The van der Waals surface area contributed by atoms with E-state index in [0.717, 1.165) is 3.57 Å². The number of nitrogens with two attached hydrogens (primary N) is 2. The van der Waals surface area contributed by atoms with E-state index in [2.05, 4.69) is 27.6 Å². The molecule has 0 aliphatic heterocycles. The van der Waals surface area contributed by atoms with Crippen LogP contribution in [0.3, 0.4) is 0 Å². The molecule has 0 aliphatic carbocycles. The van der Waals surface area contributed by atoms with Gasteiger partial charge in [0.1, 0.15) is 18.5 Å². The zero-order valence-electron chi connectivity index (χ0n) is 8.64. The Hall–Kier alpha value is -1.02. The van der Waals surface area contributed by atoms with Gasteiger partial charge in [0.2, 0.25) is 0 Å². The van der Waals surface area contributed by atoms with Gasteiger partial charge in [0.05, 0.1) is 6.54 Å². The molecule has 6 heteroatoms. The topological polar surface area (TPSA) is 93.9 Å². The number of aliphatic hydroxyl groups excluding tert-OH is 1. The second-order valence-corrected chi connectivity index (χ2v) is 4.43. The molecule has 0 saturated carbocycles. The Morgan fingerprint density at radius 1 is 1.38 bits per heavy atom. The second-order valence-electron chi connectivity index (χ2n) is 3.18. The third-order valence-corrected chi connectivity index (χ3v) is 2.46. The SMILES string of the molecule is NC(N)=NCC(O)COc1ccc(I)cc1. The number of aliphatic imine (C=N–C) groups is 1. The predicted molar refractivity (Wildman–Crippen MR) is 71.3 cm³/mol. The fourth-order valence-corrected chi connectivity index (χ4v) is 1.35. The van der Waals surface area contributed by atoms with Crippen molar-refractivity contribution in [2.45, 2.75) is 6.10 Å². The molecular weight excluding hydrogens is 321 g/mol. The van der Waals surface area contributed by atoms with Crippen LogP contribution >= 0.6 is 22.6 Å². The van der Waals surface area contributed by atoms with E-state index in [1.54, 1.807) is 0 Å². The number of hydrogen-bond donors (Lipinski definition) is 3. The summed E-state index contributed by atoms with van der Waals surface area (Å²) < 4.78 is 6.48. The summed E-state index contributed by atoms with van der Waals surface area (Å²) in [5.41, 5.74) is 10.3. The van der Waals surface area contributed by atoms with Crippen LogP contribution in [0, 0.1) is 3.57 Å². The lowest BCUT2D eigenvalue weighted by atomic mass is 10.3. The van der Waals surface area contributed by atoms with E-state index in [1.165, 1.54) is 0 Å². The van der Waals surface area contributed by atoms with Gasteiger partial charge in [-0.2, -0.15) is 0 Å². The molecule has 0 radical (unpaired) electrons. The van der Waals surface area contributed by atoms with Crippen LogP contribution < -0.4 is 16.2 Å². The highest BCUT2D eigenvalue weighted by atomic mass is 127. The summed E-state index contributed by atoms with van der Waals surface area (Å²) in [4.78, 5) is 3.69. The molecule has 16 heavy (non-hydrogen) atoms. The molecule has 0 aliphatic rings. The largest absolute Gasteiger partial charge is 0.491 e. The molecule has 5 N–H and O–H groups in total. The standard InChI is InChI=1S/C10H14IN3O2/c11-7-1-3-9(4-2-7)16-6-8(15)5-14-10(12)13/h1-4,8,15H,5-6H2,(H4,12,13,14). The number of rotatable bonds is 5. The lowest BCUT2D eigenvalue weighted by Gasteiger charge is -2.10. The molecule has 1 atom stereocenters. The van der Waals surface area contributed by atoms with Gasteiger partial charge in [-0.3, -0.25) is 4.99 Å². The van der Waals surface area contributed by atoms with Gasteiger partial charge >= 0.3 is 0 Å². The Labute approximate surface area is 108 Å². The van der Waals surface area contributed by atoms with E-state index in [4.69, 9.17) is 16.2 Å². The first-order chi connectivity index (χ1) is 7.58. The van der Waals surface area contributed by atoms with Gasteiger partial charge in [-0.25, -0.2) is 0 Å². The summed E-state index contributed by atoms with van der Waals surface area (Å²) >= 11 is 2.21. The van der Waals surface area contributed by atoms with Gasteiger partial charge in [-0.05, 0) is 46.9 Å². The summed E-state index contributed by atoms with van der Waals surface area (Å²) in [6.45, 7) is 0.310. The van der Waals surface area contributed by atoms with Crippen molar-refractivity contribution in [1.82, 2.24) is 0 Å². The van der Waals surface area contributed by atoms with Crippen LogP contribution in [-0.4, -0.2) is 30.3 Å². The van der Waals surface area contributed by atoms with E-state index in [9.17, 15) is 5.11 Å². The quantitative estimate of drug-likeness (QED) is 0.410. The van der Waals surface area contributed by atoms with Crippen molar-refractivity contribution >= 4 is 28.6 Å². The van der Waals surface area contributed by atoms with Crippen molar-refractivity contribution in [1.29, 1.82) is 0 Å². The molecule has 1 unspecified atom stereocenters. The number of halogens is 1. The van der Waals surface area contributed by atoms with Crippen molar-refractivity contribution in [3.8, 4) is 5.75 Å². The molecule has 0 bridgehead atoms. The molecule has 0 fully saturated rings. The average molecular weight is 335 g/mol. The summed E-state index contributed by atoms with van der Waals surface area (Å²) in [6, 6.07) is 7.54. The highest BCUT2D eigenvalue weighted by Crippen LogP contribution is 2.13. The number of guanidine groups is 1. The Morgan fingerprint density at radius 2 is 2.00 bits per heavy atom. The monoisotopic (exact) mass is 335 g/mol. The summed E-state index contributed by atoms with van der Waals surface area (Å²) in [5, 5.41) is 9.47.